The quantitative estimate of drug-likeness (QED) is 0.719. The molecule has 0 radical (unpaired) electrons. The van der Waals surface area contributed by atoms with Gasteiger partial charge in [0.15, 0.2) is 5.82 Å². The van der Waals surface area contributed by atoms with E-state index in [1.807, 2.05) is 30.8 Å². The van der Waals surface area contributed by atoms with Gasteiger partial charge in [-0.15, -0.1) is 5.10 Å². The number of H-pyrrole nitrogens is 1. The maximum Gasteiger partial charge on any atom is 0.174 e. The number of likely N-dealkylation sites (N-methyl/N-ethyl adjacent to an activating group) is 1. The second-order valence-corrected chi connectivity index (χ2v) is 6.12. The van der Waals surface area contributed by atoms with Crippen molar-refractivity contribution >= 4 is 0 Å². The second kappa shape index (κ2) is 7.35. The van der Waals surface area contributed by atoms with Crippen LogP contribution in [0, 0.1) is 6.92 Å². The fourth-order valence-corrected chi connectivity index (χ4v) is 2.56. The Morgan fingerprint density at radius 3 is 2.75 bits per heavy atom. The third-order valence-electron chi connectivity index (χ3n) is 3.99. The summed E-state index contributed by atoms with van der Waals surface area (Å²) in [6, 6.07) is 10.4. The fraction of sp³-hybridized carbons (Fsp3) is 0.412. The lowest BCUT2D eigenvalue weighted by molar-refractivity contribution is 0.330. The number of aromatic nitrogens is 6. The van der Waals surface area contributed by atoms with E-state index in [0.29, 0.717) is 0 Å². The maximum atomic E-state index is 4.35. The van der Waals surface area contributed by atoms with Gasteiger partial charge in [0.05, 0.1) is 5.69 Å². The van der Waals surface area contributed by atoms with Gasteiger partial charge in [-0.05, 0) is 26.5 Å². The van der Waals surface area contributed by atoms with Gasteiger partial charge in [-0.1, -0.05) is 35.5 Å². The molecular weight excluding hydrogens is 302 g/mol. The predicted molar refractivity (Wildman–Crippen MR) is 91.4 cm³/mol. The molecule has 126 valence electrons. The molecule has 0 spiro atoms. The zero-order chi connectivity index (χ0) is 16.9. The molecule has 0 aliphatic heterocycles. The monoisotopic (exact) mass is 325 g/mol. The zero-order valence-corrected chi connectivity index (χ0v) is 14.3. The van der Waals surface area contributed by atoms with Gasteiger partial charge in [0.2, 0.25) is 0 Å². The highest BCUT2D eigenvalue weighted by Crippen LogP contribution is 2.12. The molecule has 2 heterocycles. The molecular formula is C17H23N7. The van der Waals surface area contributed by atoms with E-state index < -0.39 is 0 Å². The number of benzene rings is 1. The highest BCUT2D eigenvalue weighted by molar-refractivity contribution is 5.14. The summed E-state index contributed by atoms with van der Waals surface area (Å²) in [5.41, 5.74) is 2.30. The van der Waals surface area contributed by atoms with E-state index in [1.54, 1.807) is 0 Å². The van der Waals surface area contributed by atoms with Gasteiger partial charge in [0, 0.05) is 25.7 Å². The first-order valence-electron chi connectivity index (χ1n) is 8.14. The second-order valence-electron chi connectivity index (χ2n) is 6.12. The van der Waals surface area contributed by atoms with E-state index in [0.717, 1.165) is 36.9 Å². The minimum atomic E-state index is -0.0294. The molecule has 7 heteroatoms. The molecule has 0 amide bonds. The fourth-order valence-electron chi connectivity index (χ4n) is 2.56. The normalized spacial score (nSPS) is 12.7. The van der Waals surface area contributed by atoms with Crippen LogP contribution >= 0.6 is 0 Å². The number of rotatable bonds is 7. The van der Waals surface area contributed by atoms with Crippen molar-refractivity contribution in [2.75, 3.05) is 13.6 Å². The topological polar surface area (TPSA) is 75.5 Å². The van der Waals surface area contributed by atoms with Crippen molar-refractivity contribution in [1.82, 2.24) is 35.1 Å². The summed E-state index contributed by atoms with van der Waals surface area (Å²) in [6.45, 7) is 5.77. The number of nitrogens with one attached hydrogen (secondary N) is 1. The average molecular weight is 325 g/mol. The van der Waals surface area contributed by atoms with Gasteiger partial charge in [-0.3, -0.25) is 5.10 Å². The van der Waals surface area contributed by atoms with Crippen LogP contribution in [0.2, 0.25) is 0 Å². The van der Waals surface area contributed by atoms with Crippen molar-refractivity contribution in [2.24, 2.45) is 0 Å². The molecule has 0 aliphatic rings. The van der Waals surface area contributed by atoms with Crippen molar-refractivity contribution < 1.29 is 0 Å². The van der Waals surface area contributed by atoms with Crippen LogP contribution < -0.4 is 0 Å². The van der Waals surface area contributed by atoms with Gasteiger partial charge in [0.1, 0.15) is 11.9 Å². The van der Waals surface area contributed by atoms with Crippen molar-refractivity contribution in [2.45, 2.75) is 32.9 Å². The summed E-state index contributed by atoms with van der Waals surface area (Å²) < 4.78 is 1.81. The first kappa shape index (κ1) is 16.3. The highest BCUT2D eigenvalue weighted by atomic mass is 15.4. The lowest BCUT2D eigenvalue weighted by Gasteiger charge is -2.15. The summed E-state index contributed by atoms with van der Waals surface area (Å²) >= 11 is 0. The van der Waals surface area contributed by atoms with Gasteiger partial charge < -0.3 is 4.90 Å². The van der Waals surface area contributed by atoms with Crippen molar-refractivity contribution in [3.63, 3.8) is 0 Å². The van der Waals surface area contributed by atoms with E-state index in [9.17, 15) is 0 Å². The standard InChI is InChI=1S/C17H23N7/c1-13(17-18-14(2)19-21-17)24-12-16(20-22-24)9-10-23(3)11-15-7-5-4-6-8-15/h4-8,12-13H,9-11H2,1-3H3,(H,18,19,21). The summed E-state index contributed by atoms with van der Waals surface area (Å²) in [4.78, 5) is 6.64. The number of aromatic amines is 1. The number of hydrogen-bond donors (Lipinski definition) is 1. The lowest BCUT2D eigenvalue weighted by atomic mass is 10.2. The van der Waals surface area contributed by atoms with Gasteiger partial charge in [-0.25, -0.2) is 9.67 Å². The van der Waals surface area contributed by atoms with Crippen LogP contribution in [0.3, 0.4) is 0 Å². The third-order valence-corrected chi connectivity index (χ3v) is 3.99. The maximum absolute atomic E-state index is 4.35. The Labute approximate surface area is 141 Å². The molecule has 0 aliphatic carbocycles. The first-order chi connectivity index (χ1) is 11.6. The van der Waals surface area contributed by atoms with Gasteiger partial charge in [-0.2, -0.15) is 5.10 Å². The Bertz CT molecular complexity index is 762. The average Bonchev–Trinajstić information content (AvgIpc) is 3.22. The summed E-state index contributed by atoms with van der Waals surface area (Å²) in [5.74, 6) is 1.53. The molecule has 7 nitrogen and oxygen atoms in total. The zero-order valence-electron chi connectivity index (χ0n) is 14.3. The Hall–Kier alpha value is -2.54. The Morgan fingerprint density at radius 1 is 1.25 bits per heavy atom. The van der Waals surface area contributed by atoms with Crippen molar-refractivity contribution in [3.8, 4) is 0 Å². The Balaban J connectivity index is 1.54. The van der Waals surface area contributed by atoms with E-state index >= 15 is 0 Å². The minimum Gasteiger partial charge on any atom is -0.302 e. The molecule has 1 N–H and O–H groups in total. The van der Waals surface area contributed by atoms with Crippen LogP contribution in [0.1, 0.15) is 35.9 Å². The molecule has 0 saturated heterocycles. The third kappa shape index (κ3) is 4.05. The summed E-state index contributed by atoms with van der Waals surface area (Å²) in [6.07, 6.45) is 2.84. The number of hydrogen-bond acceptors (Lipinski definition) is 5. The van der Waals surface area contributed by atoms with Crippen LogP contribution in [0.5, 0.6) is 0 Å². The van der Waals surface area contributed by atoms with E-state index in [4.69, 9.17) is 0 Å². The van der Waals surface area contributed by atoms with E-state index in [-0.39, 0.29) is 6.04 Å². The molecule has 1 unspecified atom stereocenters. The Kier molecular flexibility index (Phi) is 5.00. The van der Waals surface area contributed by atoms with Crippen LogP contribution in [-0.2, 0) is 13.0 Å². The molecule has 24 heavy (non-hydrogen) atoms. The smallest absolute Gasteiger partial charge is 0.174 e. The minimum absolute atomic E-state index is 0.0294. The van der Waals surface area contributed by atoms with Crippen LogP contribution in [0.25, 0.3) is 0 Å². The predicted octanol–water partition coefficient (Wildman–Crippen LogP) is 1.99. The molecule has 1 atom stereocenters. The number of nitrogens with zero attached hydrogens (tertiary/aromatic N) is 6. The van der Waals surface area contributed by atoms with Gasteiger partial charge in [0.25, 0.3) is 0 Å². The molecule has 2 aromatic heterocycles. The molecule has 0 fully saturated rings. The van der Waals surface area contributed by atoms with E-state index in [1.165, 1.54) is 5.56 Å². The Morgan fingerprint density at radius 2 is 2.04 bits per heavy atom. The van der Waals surface area contributed by atoms with Crippen molar-refractivity contribution in [3.05, 3.63) is 59.4 Å². The number of aryl methyl sites for hydroxylation is 1. The summed E-state index contributed by atoms with van der Waals surface area (Å²) in [5, 5.41) is 15.5. The van der Waals surface area contributed by atoms with Gasteiger partial charge >= 0.3 is 0 Å². The van der Waals surface area contributed by atoms with Crippen LogP contribution in [-0.4, -0.2) is 48.7 Å². The molecule has 0 saturated carbocycles. The molecule has 3 rings (SSSR count). The molecule has 1 aromatic carbocycles. The van der Waals surface area contributed by atoms with Crippen LogP contribution in [0.4, 0.5) is 0 Å². The largest absolute Gasteiger partial charge is 0.302 e. The molecule has 0 bridgehead atoms. The lowest BCUT2D eigenvalue weighted by Crippen LogP contribution is -2.20. The van der Waals surface area contributed by atoms with Crippen molar-refractivity contribution in [1.29, 1.82) is 0 Å². The summed E-state index contributed by atoms with van der Waals surface area (Å²) in [7, 11) is 2.12. The highest BCUT2D eigenvalue weighted by Gasteiger charge is 2.15. The van der Waals surface area contributed by atoms with E-state index in [2.05, 4.69) is 61.7 Å². The molecule has 3 aromatic rings. The van der Waals surface area contributed by atoms with Crippen LogP contribution in [0.15, 0.2) is 36.5 Å². The SMILES string of the molecule is Cc1nc(C(C)n2cc(CCN(C)Cc3ccccc3)nn2)n[nH]1. The first-order valence-corrected chi connectivity index (χ1v) is 8.14.